The quantitative estimate of drug-likeness (QED) is 0.700. The maximum Gasteiger partial charge on any atom is 0.138 e. The summed E-state index contributed by atoms with van der Waals surface area (Å²) in [6.07, 6.45) is 1.96. The molecule has 0 aliphatic carbocycles. The highest BCUT2D eigenvalue weighted by Crippen LogP contribution is 2.28. The summed E-state index contributed by atoms with van der Waals surface area (Å²) in [5.41, 5.74) is 3.29. The number of rotatable bonds is 1. The lowest BCUT2D eigenvalue weighted by Gasteiger charge is -2.24. The predicted octanol–water partition coefficient (Wildman–Crippen LogP) is 2.38. The SMILES string of the molecule is c1cnc2[nH]c3ccc(C4CNCCO4)cc3c2c1. The first-order valence-corrected chi connectivity index (χ1v) is 6.60. The number of benzene rings is 1. The van der Waals surface area contributed by atoms with Gasteiger partial charge in [-0.1, -0.05) is 6.07 Å². The fourth-order valence-corrected chi connectivity index (χ4v) is 2.72. The summed E-state index contributed by atoms with van der Waals surface area (Å²) in [6, 6.07) is 10.5. The zero-order chi connectivity index (χ0) is 12.7. The van der Waals surface area contributed by atoms with Gasteiger partial charge in [0.1, 0.15) is 5.65 Å². The molecule has 1 unspecified atom stereocenters. The minimum atomic E-state index is 0.153. The number of hydrogen-bond acceptors (Lipinski definition) is 3. The smallest absolute Gasteiger partial charge is 0.138 e. The molecule has 1 saturated heterocycles. The molecule has 1 aliphatic heterocycles. The number of morpholine rings is 1. The van der Waals surface area contributed by atoms with Crippen molar-refractivity contribution in [2.75, 3.05) is 19.7 Å². The molecule has 96 valence electrons. The molecule has 0 spiro atoms. The second-order valence-electron chi connectivity index (χ2n) is 4.89. The number of pyridine rings is 1. The zero-order valence-electron chi connectivity index (χ0n) is 10.5. The normalized spacial score (nSPS) is 20.1. The van der Waals surface area contributed by atoms with E-state index in [-0.39, 0.29) is 6.10 Å². The Morgan fingerprint density at radius 3 is 3.11 bits per heavy atom. The molecule has 0 saturated carbocycles. The first-order chi connectivity index (χ1) is 9.42. The van der Waals surface area contributed by atoms with Crippen molar-refractivity contribution in [3.8, 4) is 0 Å². The monoisotopic (exact) mass is 253 g/mol. The van der Waals surface area contributed by atoms with Crippen molar-refractivity contribution in [3.05, 3.63) is 42.1 Å². The number of nitrogens with zero attached hydrogens (tertiary/aromatic N) is 1. The van der Waals surface area contributed by atoms with Crippen molar-refractivity contribution in [1.29, 1.82) is 0 Å². The van der Waals surface area contributed by atoms with Crippen molar-refractivity contribution in [2.45, 2.75) is 6.10 Å². The number of aromatic amines is 1. The van der Waals surface area contributed by atoms with Crippen LogP contribution in [0.15, 0.2) is 36.5 Å². The van der Waals surface area contributed by atoms with Gasteiger partial charge in [0.25, 0.3) is 0 Å². The molecule has 1 aromatic carbocycles. The van der Waals surface area contributed by atoms with Gasteiger partial charge < -0.3 is 15.0 Å². The van der Waals surface area contributed by atoms with Gasteiger partial charge in [-0.05, 0) is 29.8 Å². The van der Waals surface area contributed by atoms with E-state index in [1.807, 2.05) is 12.3 Å². The number of ether oxygens (including phenoxy) is 1. The average Bonchev–Trinajstić information content (AvgIpc) is 2.86. The fourth-order valence-electron chi connectivity index (χ4n) is 2.72. The van der Waals surface area contributed by atoms with Gasteiger partial charge in [-0.25, -0.2) is 4.98 Å². The Labute approximate surface area is 110 Å². The Bertz CT molecular complexity index is 728. The summed E-state index contributed by atoms with van der Waals surface area (Å²) in [4.78, 5) is 7.70. The van der Waals surface area contributed by atoms with Crippen molar-refractivity contribution in [1.82, 2.24) is 15.3 Å². The molecule has 4 nitrogen and oxygen atoms in total. The van der Waals surface area contributed by atoms with Crippen LogP contribution in [0.3, 0.4) is 0 Å². The van der Waals surface area contributed by atoms with Gasteiger partial charge in [0.05, 0.1) is 12.7 Å². The third-order valence-electron chi connectivity index (χ3n) is 3.69. The fraction of sp³-hybridized carbons (Fsp3) is 0.267. The van der Waals surface area contributed by atoms with E-state index in [1.165, 1.54) is 16.3 Å². The number of H-pyrrole nitrogens is 1. The van der Waals surface area contributed by atoms with Crippen LogP contribution >= 0.6 is 0 Å². The van der Waals surface area contributed by atoms with Crippen LogP contribution in [-0.2, 0) is 4.74 Å². The van der Waals surface area contributed by atoms with Crippen molar-refractivity contribution in [2.24, 2.45) is 0 Å². The van der Waals surface area contributed by atoms with Gasteiger partial charge in [-0.15, -0.1) is 0 Å². The molecule has 4 heteroatoms. The molecule has 3 aromatic rings. The van der Waals surface area contributed by atoms with Crippen molar-refractivity contribution >= 4 is 21.9 Å². The summed E-state index contributed by atoms with van der Waals surface area (Å²) in [7, 11) is 0. The standard InChI is InChI=1S/C15H15N3O/c1-2-11-12-8-10(14-9-16-6-7-19-14)3-4-13(12)18-15(11)17-5-1/h1-5,8,14,16H,6-7,9H2,(H,17,18). The van der Waals surface area contributed by atoms with Crippen molar-refractivity contribution < 1.29 is 4.74 Å². The molecular weight excluding hydrogens is 238 g/mol. The lowest BCUT2D eigenvalue weighted by Crippen LogP contribution is -2.33. The summed E-state index contributed by atoms with van der Waals surface area (Å²) >= 11 is 0. The van der Waals surface area contributed by atoms with Gasteiger partial charge in [0.2, 0.25) is 0 Å². The Balaban J connectivity index is 1.87. The van der Waals surface area contributed by atoms with Crippen LogP contribution < -0.4 is 5.32 Å². The average molecular weight is 253 g/mol. The molecule has 0 bridgehead atoms. The molecule has 2 N–H and O–H groups in total. The number of aromatic nitrogens is 2. The third kappa shape index (κ3) is 1.80. The van der Waals surface area contributed by atoms with Crippen molar-refractivity contribution in [3.63, 3.8) is 0 Å². The van der Waals surface area contributed by atoms with Crippen LogP contribution in [0.4, 0.5) is 0 Å². The first-order valence-electron chi connectivity index (χ1n) is 6.60. The zero-order valence-corrected chi connectivity index (χ0v) is 10.5. The van der Waals surface area contributed by atoms with Gasteiger partial charge in [0, 0.05) is 35.6 Å². The van der Waals surface area contributed by atoms with Gasteiger partial charge in [-0.2, -0.15) is 0 Å². The molecule has 0 radical (unpaired) electrons. The van der Waals surface area contributed by atoms with Crippen LogP contribution in [0.1, 0.15) is 11.7 Å². The number of hydrogen-bond donors (Lipinski definition) is 2. The van der Waals surface area contributed by atoms with E-state index >= 15 is 0 Å². The Kier molecular flexibility index (Phi) is 2.50. The van der Waals surface area contributed by atoms with Crippen LogP contribution in [0.5, 0.6) is 0 Å². The van der Waals surface area contributed by atoms with E-state index in [1.54, 1.807) is 0 Å². The maximum absolute atomic E-state index is 5.81. The molecule has 1 fully saturated rings. The van der Waals surface area contributed by atoms with Crippen LogP contribution in [-0.4, -0.2) is 29.7 Å². The molecule has 3 heterocycles. The Hall–Kier alpha value is -1.91. The Morgan fingerprint density at radius 1 is 1.21 bits per heavy atom. The summed E-state index contributed by atoms with van der Waals surface area (Å²) in [5, 5.41) is 5.75. The second kappa shape index (κ2) is 4.33. The van der Waals surface area contributed by atoms with Crippen LogP contribution in [0.25, 0.3) is 21.9 Å². The minimum Gasteiger partial charge on any atom is -0.371 e. The van der Waals surface area contributed by atoms with E-state index in [0.717, 1.165) is 30.9 Å². The highest BCUT2D eigenvalue weighted by Gasteiger charge is 2.16. The van der Waals surface area contributed by atoms with Crippen LogP contribution in [0, 0.1) is 0 Å². The number of nitrogens with one attached hydrogen (secondary N) is 2. The lowest BCUT2D eigenvalue weighted by molar-refractivity contribution is 0.0278. The van der Waals surface area contributed by atoms with Gasteiger partial charge in [0.15, 0.2) is 0 Å². The van der Waals surface area contributed by atoms with E-state index < -0.39 is 0 Å². The van der Waals surface area contributed by atoms with E-state index in [4.69, 9.17) is 4.74 Å². The highest BCUT2D eigenvalue weighted by molar-refractivity contribution is 6.05. The van der Waals surface area contributed by atoms with E-state index in [2.05, 4.69) is 39.6 Å². The van der Waals surface area contributed by atoms with Gasteiger partial charge in [-0.3, -0.25) is 0 Å². The molecule has 19 heavy (non-hydrogen) atoms. The lowest BCUT2D eigenvalue weighted by atomic mass is 10.0. The topological polar surface area (TPSA) is 49.9 Å². The van der Waals surface area contributed by atoms with Crippen LogP contribution in [0.2, 0.25) is 0 Å². The molecule has 4 rings (SSSR count). The molecule has 2 aromatic heterocycles. The van der Waals surface area contributed by atoms with E-state index in [0.29, 0.717) is 0 Å². The molecule has 0 amide bonds. The highest BCUT2D eigenvalue weighted by atomic mass is 16.5. The predicted molar refractivity (Wildman–Crippen MR) is 75.2 cm³/mol. The molecular formula is C15H15N3O. The summed E-state index contributed by atoms with van der Waals surface area (Å²) in [5.74, 6) is 0. The van der Waals surface area contributed by atoms with E-state index in [9.17, 15) is 0 Å². The number of fused-ring (bicyclic) bond motifs is 3. The molecule has 1 atom stereocenters. The van der Waals surface area contributed by atoms with Gasteiger partial charge >= 0.3 is 0 Å². The largest absolute Gasteiger partial charge is 0.371 e. The third-order valence-corrected chi connectivity index (χ3v) is 3.69. The first kappa shape index (κ1) is 11.0. The second-order valence-corrected chi connectivity index (χ2v) is 4.89. The summed E-state index contributed by atoms with van der Waals surface area (Å²) in [6.45, 7) is 2.60. The Morgan fingerprint density at radius 2 is 2.21 bits per heavy atom. The minimum absolute atomic E-state index is 0.153. The molecule has 1 aliphatic rings. The summed E-state index contributed by atoms with van der Waals surface area (Å²) < 4.78 is 5.81. The maximum atomic E-state index is 5.81.